The molecule has 2 aromatic carbocycles. The molecule has 0 spiro atoms. The number of carbonyl (C=O) groups excluding carboxylic acids is 4. The van der Waals surface area contributed by atoms with Crippen molar-refractivity contribution in [2.45, 2.75) is 81.9 Å². The molecular weight excluding hydrogens is 678 g/mol. The zero-order valence-corrected chi connectivity index (χ0v) is 29.6. The second-order valence-electron chi connectivity index (χ2n) is 13.8. The average Bonchev–Trinajstić information content (AvgIpc) is 4.02. The number of ether oxygens (including phenoxy) is 1. The molecule has 3 N–H and O–H groups in total. The maximum atomic E-state index is 14.2. The Morgan fingerprint density at radius 2 is 1.69 bits per heavy atom. The first kappa shape index (κ1) is 36.0. The van der Waals surface area contributed by atoms with Gasteiger partial charge in [-0.05, 0) is 42.7 Å². The fourth-order valence-corrected chi connectivity index (χ4v) is 8.18. The van der Waals surface area contributed by atoms with Gasteiger partial charge in [-0.15, -0.1) is 6.58 Å². The number of nitrogens with zero attached hydrogens (tertiary/aromatic N) is 3. The van der Waals surface area contributed by atoms with E-state index < -0.39 is 74.7 Å². The molecule has 4 amide bonds. The Balaban J connectivity index is 1.28. The molecule has 4 aliphatic rings. The number of hydroxylamine groups is 2. The van der Waals surface area contributed by atoms with E-state index in [9.17, 15) is 32.8 Å². The molecule has 0 radical (unpaired) electrons. The van der Waals surface area contributed by atoms with E-state index in [1.807, 2.05) is 48.5 Å². The first-order chi connectivity index (χ1) is 24.3. The monoisotopic (exact) mass is 721 g/mol. The van der Waals surface area contributed by atoms with Crippen LogP contribution in [-0.2, 0) is 34.0 Å². The number of fused-ring (bicyclic) bond motifs is 3. The first-order valence-electron chi connectivity index (χ1n) is 17.2. The lowest BCUT2D eigenvalue weighted by molar-refractivity contribution is -0.162. The van der Waals surface area contributed by atoms with E-state index in [2.05, 4.69) is 21.8 Å². The fourth-order valence-electron chi connectivity index (χ4n) is 6.82. The number of carbonyl (C=O) groups is 4. The van der Waals surface area contributed by atoms with Crippen LogP contribution in [0.3, 0.4) is 0 Å². The number of hydrogen-bond donors (Lipinski definition) is 3. The Labute approximate surface area is 296 Å². The molecular formula is C36H43N5O9S. The van der Waals surface area contributed by atoms with Gasteiger partial charge in [0.25, 0.3) is 5.91 Å². The minimum absolute atomic E-state index is 0.0250. The van der Waals surface area contributed by atoms with E-state index in [1.54, 1.807) is 20.8 Å². The summed E-state index contributed by atoms with van der Waals surface area (Å²) in [6.07, 6.45) is 1.00. The van der Waals surface area contributed by atoms with Crippen molar-refractivity contribution in [2.24, 2.45) is 17.0 Å². The molecule has 0 bridgehead atoms. The van der Waals surface area contributed by atoms with Crippen molar-refractivity contribution in [3.63, 3.8) is 0 Å². The molecule has 1 aliphatic heterocycles. The Morgan fingerprint density at radius 1 is 1.08 bits per heavy atom. The minimum atomic E-state index is -3.91. The van der Waals surface area contributed by atoms with Gasteiger partial charge in [0.05, 0.1) is 18.4 Å². The molecule has 1 saturated heterocycles. The molecule has 3 aliphatic carbocycles. The summed E-state index contributed by atoms with van der Waals surface area (Å²) < 4.78 is 32.5. The van der Waals surface area contributed by atoms with Crippen LogP contribution in [0.5, 0.6) is 0 Å². The van der Waals surface area contributed by atoms with Crippen molar-refractivity contribution in [3.8, 4) is 11.1 Å². The van der Waals surface area contributed by atoms with E-state index >= 15 is 0 Å². The Morgan fingerprint density at radius 3 is 2.22 bits per heavy atom. The number of sulfonamides is 1. The van der Waals surface area contributed by atoms with Crippen molar-refractivity contribution in [1.82, 2.24) is 20.0 Å². The topological polar surface area (TPSA) is 184 Å². The third-order valence-corrected chi connectivity index (χ3v) is 11.6. The zero-order chi connectivity index (χ0) is 36.7. The number of oxime groups is 1. The smallest absolute Gasteiger partial charge is 0.434 e. The van der Waals surface area contributed by atoms with Gasteiger partial charge in [-0.3, -0.25) is 24.3 Å². The van der Waals surface area contributed by atoms with Crippen LogP contribution in [0.1, 0.15) is 64.0 Å². The van der Waals surface area contributed by atoms with Crippen molar-refractivity contribution in [1.29, 1.82) is 0 Å². The molecule has 272 valence electrons. The molecule has 2 aromatic rings. The summed E-state index contributed by atoms with van der Waals surface area (Å²) in [5.41, 5.74) is 2.70. The van der Waals surface area contributed by atoms with Crippen LogP contribution < -0.4 is 10.0 Å². The van der Waals surface area contributed by atoms with Crippen LogP contribution in [0.4, 0.5) is 4.79 Å². The Hall–Kier alpha value is -4.76. The van der Waals surface area contributed by atoms with Crippen LogP contribution in [0.25, 0.3) is 11.1 Å². The fraction of sp³-hybridized carbons (Fsp3) is 0.472. The van der Waals surface area contributed by atoms with Crippen LogP contribution in [0, 0.1) is 11.8 Å². The number of benzene rings is 2. The number of likely N-dealkylation sites (tertiary alicyclic amines) is 1. The zero-order valence-electron chi connectivity index (χ0n) is 28.8. The largest absolute Gasteiger partial charge is 0.448 e. The summed E-state index contributed by atoms with van der Waals surface area (Å²) in [4.78, 5) is 61.7. The van der Waals surface area contributed by atoms with Crippen molar-refractivity contribution in [2.75, 3.05) is 13.2 Å². The summed E-state index contributed by atoms with van der Waals surface area (Å²) >= 11 is 0. The highest BCUT2D eigenvalue weighted by Gasteiger charge is 2.62. The quantitative estimate of drug-likeness (QED) is 0.135. The Kier molecular flexibility index (Phi) is 9.97. The van der Waals surface area contributed by atoms with Crippen LogP contribution in [0.15, 0.2) is 66.3 Å². The van der Waals surface area contributed by atoms with Gasteiger partial charge in [-0.2, -0.15) is 5.06 Å². The van der Waals surface area contributed by atoms with E-state index in [-0.39, 0.29) is 31.1 Å². The van der Waals surface area contributed by atoms with Gasteiger partial charge in [-0.25, -0.2) is 13.2 Å². The van der Waals surface area contributed by atoms with Gasteiger partial charge < -0.3 is 19.8 Å². The highest BCUT2D eigenvalue weighted by atomic mass is 32.2. The molecule has 6 rings (SSSR count). The maximum Gasteiger partial charge on any atom is 0.434 e. The predicted molar refractivity (Wildman–Crippen MR) is 186 cm³/mol. The highest BCUT2D eigenvalue weighted by Crippen LogP contribution is 2.45. The van der Waals surface area contributed by atoms with Crippen LogP contribution in [0.2, 0.25) is 0 Å². The lowest BCUT2D eigenvalue weighted by atomic mass is 10.0. The maximum absolute atomic E-state index is 14.2. The third kappa shape index (κ3) is 6.96. The summed E-state index contributed by atoms with van der Waals surface area (Å²) in [6, 6.07) is 12.8. The minimum Gasteiger partial charge on any atom is -0.448 e. The number of hydrogen-bond acceptors (Lipinski definition) is 10. The summed E-state index contributed by atoms with van der Waals surface area (Å²) in [5.74, 6) is -3.51. The summed E-state index contributed by atoms with van der Waals surface area (Å²) in [6.45, 7) is 8.68. The summed E-state index contributed by atoms with van der Waals surface area (Å²) in [5, 5.41) is 17.7. The normalized spacial score (nSPS) is 23.8. The molecule has 0 aromatic heterocycles. The second kappa shape index (κ2) is 14.1. The molecule has 1 heterocycles. The van der Waals surface area contributed by atoms with Crippen molar-refractivity contribution >= 4 is 39.5 Å². The van der Waals surface area contributed by atoms with Gasteiger partial charge in [0, 0.05) is 23.5 Å². The second-order valence-corrected chi connectivity index (χ2v) is 15.8. The van der Waals surface area contributed by atoms with Gasteiger partial charge >= 0.3 is 6.09 Å². The van der Waals surface area contributed by atoms with Crippen LogP contribution >= 0.6 is 0 Å². The number of nitrogens with one attached hydrogen (secondary N) is 2. The molecule has 5 atom stereocenters. The lowest BCUT2D eigenvalue weighted by Gasteiger charge is -2.33. The molecule has 51 heavy (non-hydrogen) atoms. The van der Waals surface area contributed by atoms with Gasteiger partial charge in [0.15, 0.2) is 0 Å². The molecule has 2 saturated carbocycles. The molecule has 15 heteroatoms. The van der Waals surface area contributed by atoms with E-state index in [1.165, 1.54) is 11.0 Å². The third-order valence-electron chi connectivity index (χ3n) is 9.81. The van der Waals surface area contributed by atoms with E-state index in [4.69, 9.17) is 9.57 Å². The predicted octanol–water partition coefficient (Wildman–Crippen LogP) is 3.34. The molecule has 0 unspecified atom stereocenters. The standard InChI is InChI=1S/C36H43N5O9S/c1-5-17-49-35(45)41(46)31(21(3)4)33(43)40-20-23(50-38-30-27-13-9-7-11-25(27)26-12-8-10-14-28(26)30)18-29(40)32(42)37-36(19-22(36)6-2)34(44)39-51(47,48)24-15-16-24/h6-14,21-24,29,31,46H,2,5,15-20H2,1,3-4H3,(H,37,42)(H,39,44)/t22-,23-,29+,31-,36+/m1/s1. The summed E-state index contributed by atoms with van der Waals surface area (Å²) in [7, 11) is -3.91. The SMILES string of the molecule is C=C[C@@H]1C[C@@]1(NC(=O)[C@@H]1C[C@@H](ON=C2c3ccccc3-c3ccccc32)CN1C(=O)[C@@H](C(C)C)N(O)C(=O)OCCC)C(=O)NS(=O)(=O)C1CC1. The molecule has 14 nitrogen and oxygen atoms in total. The molecule has 3 fully saturated rings. The van der Waals surface area contributed by atoms with Crippen molar-refractivity contribution < 1.29 is 42.4 Å². The van der Waals surface area contributed by atoms with Gasteiger partial charge in [-0.1, -0.05) is 80.5 Å². The van der Waals surface area contributed by atoms with Gasteiger partial charge in [0.2, 0.25) is 21.8 Å². The number of rotatable bonds is 13. The Bertz CT molecular complexity index is 1830. The van der Waals surface area contributed by atoms with Gasteiger partial charge in [0.1, 0.15) is 29.4 Å². The van der Waals surface area contributed by atoms with Crippen molar-refractivity contribution in [3.05, 3.63) is 72.3 Å². The van der Waals surface area contributed by atoms with E-state index in [0.29, 0.717) is 25.0 Å². The highest BCUT2D eigenvalue weighted by molar-refractivity contribution is 7.91. The average molecular weight is 722 g/mol. The lowest BCUT2D eigenvalue weighted by Crippen LogP contribution is -2.59. The van der Waals surface area contributed by atoms with Crippen LogP contribution in [-0.4, -0.2) is 95.2 Å². The first-order valence-corrected chi connectivity index (χ1v) is 18.8. The number of amides is 4. The van der Waals surface area contributed by atoms with E-state index in [0.717, 1.165) is 22.3 Å².